The first-order chi connectivity index (χ1) is 8.60. The van der Waals surface area contributed by atoms with Gasteiger partial charge in [0.2, 0.25) is 5.88 Å². The maximum Gasteiger partial charge on any atom is 0.574 e. The standard InChI is InChI=1S/C8H4ClF3N2O4S/c1-17-5-3-14-7(18-8(10,11)12)6(4(5)2-13)19(9,15)16/h3H,1H3. The lowest BCUT2D eigenvalue weighted by atomic mass is 10.2. The summed E-state index contributed by atoms with van der Waals surface area (Å²) in [5.74, 6) is -1.70. The number of pyridine rings is 1. The Kier molecular flexibility index (Phi) is 4.12. The fourth-order valence-electron chi connectivity index (χ4n) is 1.13. The lowest BCUT2D eigenvalue weighted by molar-refractivity contribution is -0.277. The van der Waals surface area contributed by atoms with Crippen molar-refractivity contribution in [1.29, 1.82) is 5.26 Å². The van der Waals surface area contributed by atoms with Crippen molar-refractivity contribution < 1.29 is 31.1 Å². The molecular weight excluding hydrogens is 313 g/mol. The number of methoxy groups -OCH3 is 1. The van der Waals surface area contributed by atoms with Crippen LogP contribution in [0.25, 0.3) is 0 Å². The molecule has 0 saturated heterocycles. The van der Waals surface area contributed by atoms with Crippen molar-refractivity contribution in [3.63, 3.8) is 0 Å². The van der Waals surface area contributed by atoms with Crippen LogP contribution in [0.4, 0.5) is 13.2 Å². The third kappa shape index (κ3) is 3.62. The van der Waals surface area contributed by atoms with Gasteiger partial charge in [0.05, 0.1) is 13.3 Å². The van der Waals surface area contributed by atoms with Crippen LogP contribution in [0.3, 0.4) is 0 Å². The van der Waals surface area contributed by atoms with Gasteiger partial charge < -0.3 is 9.47 Å². The van der Waals surface area contributed by atoms with Crippen LogP contribution < -0.4 is 9.47 Å². The molecule has 0 radical (unpaired) electrons. The van der Waals surface area contributed by atoms with Crippen molar-refractivity contribution in [3.05, 3.63) is 11.8 Å². The van der Waals surface area contributed by atoms with E-state index in [-0.39, 0.29) is 5.75 Å². The molecule has 0 spiro atoms. The van der Waals surface area contributed by atoms with Gasteiger partial charge in [0.25, 0.3) is 9.05 Å². The molecule has 0 saturated carbocycles. The minimum absolute atomic E-state index is 0.351. The number of nitrogens with zero attached hydrogens (tertiary/aromatic N) is 2. The van der Waals surface area contributed by atoms with Crippen molar-refractivity contribution in [2.24, 2.45) is 0 Å². The smallest absolute Gasteiger partial charge is 0.494 e. The predicted octanol–water partition coefficient (Wildman–Crippen LogP) is 1.79. The van der Waals surface area contributed by atoms with E-state index in [1.54, 1.807) is 0 Å². The summed E-state index contributed by atoms with van der Waals surface area (Å²) in [6.45, 7) is 0. The minimum atomic E-state index is -5.19. The highest BCUT2D eigenvalue weighted by molar-refractivity contribution is 8.13. The summed E-state index contributed by atoms with van der Waals surface area (Å²) in [5, 5.41) is 8.80. The van der Waals surface area contributed by atoms with E-state index in [0.29, 0.717) is 6.20 Å². The third-order valence-electron chi connectivity index (χ3n) is 1.75. The normalized spacial score (nSPS) is 11.8. The van der Waals surface area contributed by atoms with Crippen LogP contribution in [-0.4, -0.2) is 26.9 Å². The number of ether oxygens (including phenoxy) is 2. The van der Waals surface area contributed by atoms with Crippen molar-refractivity contribution in [1.82, 2.24) is 4.98 Å². The summed E-state index contributed by atoms with van der Waals surface area (Å²) in [4.78, 5) is 1.93. The molecule has 0 N–H and O–H groups in total. The second kappa shape index (κ2) is 5.10. The van der Waals surface area contributed by atoms with Crippen LogP contribution in [0.15, 0.2) is 11.1 Å². The fraction of sp³-hybridized carbons (Fsp3) is 0.250. The molecular formula is C8H4ClF3N2O4S. The van der Waals surface area contributed by atoms with Crippen LogP contribution in [0.2, 0.25) is 0 Å². The molecule has 0 bridgehead atoms. The zero-order chi connectivity index (χ0) is 14.8. The molecule has 19 heavy (non-hydrogen) atoms. The molecule has 0 aliphatic carbocycles. The van der Waals surface area contributed by atoms with E-state index in [0.717, 1.165) is 7.11 Å². The van der Waals surface area contributed by atoms with E-state index in [4.69, 9.17) is 15.9 Å². The molecule has 0 atom stereocenters. The first-order valence-electron chi connectivity index (χ1n) is 4.27. The van der Waals surface area contributed by atoms with Crippen LogP contribution in [0.1, 0.15) is 5.56 Å². The van der Waals surface area contributed by atoms with Gasteiger partial charge in [-0.25, -0.2) is 13.4 Å². The van der Waals surface area contributed by atoms with Crippen LogP contribution in [0, 0.1) is 11.3 Å². The van der Waals surface area contributed by atoms with Gasteiger partial charge in [0.15, 0.2) is 10.6 Å². The molecule has 11 heteroatoms. The molecule has 1 heterocycles. The van der Waals surface area contributed by atoms with Gasteiger partial charge in [0.1, 0.15) is 11.6 Å². The zero-order valence-electron chi connectivity index (χ0n) is 9.02. The molecule has 0 fully saturated rings. The zero-order valence-corrected chi connectivity index (χ0v) is 10.6. The number of alkyl halides is 3. The van der Waals surface area contributed by atoms with Gasteiger partial charge in [-0.05, 0) is 0 Å². The summed E-state index contributed by atoms with van der Waals surface area (Å²) in [7, 11) is 1.36. The molecule has 1 rings (SSSR count). The Bertz CT molecular complexity index is 639. The fourth-order valence-corrected chi connectivity index (χ4v) is 2.25. The molecule has 1 aromatic heterocycles. The Morgan fingerprint density at radius 1 is 1.47 bits per heavy atom. The van der Waals surface area contributed by atoms with Gasteiger partial charge >= 0.3 is 6.36 Å². The molecule has 0 aliphatic heterocycles. The van der Waals surface area contributed by atoms with E-state index in [2.05, 4.69) is 14.5 Å². The Labute approximate surface area is 109 Å². The summed E-state index contributed by atoms with van der Waals surface area (Å²) in [6.07, 6.45) is -4.48. The van der Waals surface area contributed by atoms with Gasteiger partial charge in [-0.3, -0.25) is 0 Å². The number of rotatable bonds is 3. The number of halogens is 4. The molecule has 0 amide bonds. The predicted molar refractivity (Wildman–Crippen MR) is 55.2 cm³/mol. The van der Waals surface area contributed by atoms with Gasteiger partial charge in [-0.1, -0.05) is 0 Å². The van der Waals surface area contributed by atoms with Gasteiger partial charge in [-0.2, -0.15) is 5.26 Å². The minimum Gasteiger partial charge on any atom is -0.494 e. The molecule has 6 nitrogen and oxygen atoms in total. The van der Waals surface area contributed by atoms with Crippen LogP contribution in [-0.2, 0) is 9.05 Å². The number of hydrogen-bond donors (Lipinski definition) is 0. The Morgan fingerprint density at radius 2 is 2.05 bits per heavy atom. The maximum absolute atomic E-state index is 12.1. The summed E-state index contributed by atoms with van der Waals surface area (Å²) < 4.78 is 66.9. The first kappa shape index (κ1) is 15.3. The van der Waals surface area contributed by atoms with E-state index in [1.807, 2.05) is 0 Å². The monoisotopic (exact) mass is 316 g/mol. The highest BCUT2D eigenvalue weighted by Crippen LogP contribution is 2.36. The summed E-state index contributed by atoms with van der Waals surface area (Å²) >= 11 is 0. The van der Waals surface area contributed by atoms with E-state index in [1.165, 1.54) is 6.07 Å². The highest BCUT2D eigenvalue weighted by atomic mass is 35.7. The van der Waals surface area contributed by atoms with Crippen LogP contribution >= 0.6 is 10.7 Å². The highest BCUT2D eigenvalue weighted by Gasteiger charge is 2.37. The first-order valence-corrected chi connectivity index (χ1v) is 6.58. The maximum atomic E-state index is 12.1. The second-order valence-electron chi connectivity index (χ2n) is 2.93. The van der Waals surface area contributed by atoms with Crippen molar-refractivity contribution in [3.8, 4) is 17.7 Å². The van der Waals surface area contributed by atoms with E-state index < -0.39 is 31.8 Å². The quantitative estimate of drug-likeness (QED) is 0.790. The van der Waals surface area contributed by atoms with Crippen molar-refractivity contribution in [2.45, 2.75) is 11.3 Å². The van der Waals surface area contributed by atoms with Gasteiger partial charge in [-0.15, -0.1) is 13.2 Å². The molecule has 104 valence electrons. The number of nitriles is 1. The third-order valence-corrected chi connectivity index (χ3v) is 3.08. The molecule has 0 aliphatic rings. The van der Waals surface area contributed by atoms with E-state index >= 15 is 0 Å². The van der Waals surface area contributed by atoms with Crippen LogP contribution in [0.5, 0.6) is 11.6 Å². The largest absolute Gasteiger partial charge is 0.574 e. The number of hydrogen-bond acceptors (Lipinski definition) is 6. The Hall–Kier alpha value is -1.73. The lowest BCUT2D eigenvalue weighted by Crippen LogP contribution is -2.20. The Balaban J connectivity index is 3.64. The molecule has 0 unspecified atom stereocenters. The topological polar surface area (TPSA) is 89.3 Å². The molecule has 0 aromatic carbocycles. The van der Waals surface area contributed by atoms with Crippen molar-refractivity contribution >= 4 is 19.7 Å². The SMILES string of the molecule is COc1cnc(OC(F)(F)F)c(S(=O)(=O)Cl)c1C#N. The van der Waals surface area contributed by atoms with E-state index in [9.17, 15) is 21.6 Å². The van der Waals surface area contributed by atoms with Crippen molar-refractivity contribution in [2.75, 3.05) is 7.11 Å². The Morgan fingerprint density at radius 3 is 2.42 bits per heavy atom. The summed E-state index contributed by atoms with van der Waals surface area (Å²) in [6, 6.07) is 1.37. The number of aromatic nitrogens is 1. The average Bonchev–Trinajstić information content (AvgIpc) is 2.24. The lowest BCUT2D eigenvalue weighted by Gasteiger charge is -2.12. The molecule has 1 aromatic rings. The second-order valence-corrected chi connectivity index (χ2v) is 5.44. The van der Waals surface area contributed by atoms with Gasteiger partial charge in [0, 0.05) is 10.7 Å². The summed E-state index contributed by atoms with van der Waals surface area (Å²) in [5.41, 5.74) is -0.730. The average molecular weight is 317 g/mol.